The van der Waals surface area contributed by atoms with Gasteiger partial charge in [0, 0.05) is 0 Å². The topological polar surface area (TPSA) is 74.6 Å². The van der Waals surface area contributed by atoms with Crippen molar-refractivity contribution in [3.8, 4) is 22.3 Å². The number of fused-ring (bicyclic) bond motifs is 5. The summed E-state index contributed by atoms with van der Waals surface area (Å²) in [5, 5.41) is 24.1. The highest BCUT2D eigenvalue weighted by Crippen LogP contribution is 2.51. The lowest BCUT2D eigenvalue weighted by Gasteiger charge is -2.40. The smallest absolute Gasteiger partial charge is 0.336 e. The van der Waals surface area contributed by atoms with Crippen LogP contribution in [-0.4, -0.2) is 22.2 Å². The van der Waals surface area contributed by atoms with Crippen molar-refractivity contribution in [2.24, 2.45) is 5.41 Å². The summed E-state index contributed by atoms with van der Waals surface area (Å²) in [7, 11) is 0. The Bertz CT molecular complexity index is 2120. The molecule has 218 valence electrons. The van der Waals surface area contributed by atoms with Gasteiger partial charge in [0.05, 0.1) is 11.1 Å². The minimum Gasteiger partial charge on any atom is -0.478 e. The number of hydrogen-bond donors (Lipinski definition) is 2. The molecular formula is C40H34O4. The van der Waals surface area contributed by atoms with Crippen molar-refractivity contribution >= 4 is 39.1 Å². The van der Waals surface area contributed by atoms with E-state index in [2.05, 4.69) is 70.2 Å². The van der Waals surface area contributed by atoms with E-state index in [-0.39, 0.29) is 22.0 Å². The molecule has 0 aromatic heterocycles. The summed E-state index contributed by atoms with van der Waals surface area (Å²) in [5.74, 6) is -2.20. The van der Waals surface area contributed by atoms with E-state index in [1.165, 1.54) is 45.9 Å². The molecule has 4 heteroatoms. The first-order valence-corrected chi connectivity index (χ1v) is 15.1. The van der Waals surface area contributed by atoms with Gasteiger partial charge in [-0.25, -0.2) is 9.59 Å². The molecule has 2 N–H and O–H groups in total. The van der Waals surface area contributed by atoms with Crippen LogP contribution in [0.1, 0.15) is 72.4 Å². The predicted octanol–water partition coefficient (Wildman–Crippen LogP) is 10.1. The number of carbonyl (C=O) groups is 2. The van der Waals surface area contributed by atoms with Crippen molar-refractivity contribution in [2.45, 2.75) is 46.0 Å². The molecule has 2 aliphatic rings. The van der Waals surface area contributed by atoms with Gasteiger partial charge in [-0.15, -0.1) is 0 Å². The van der Waals surface area contributed by atoms with E-state index < -0.39 is 11.9 Å². The maximum Gasteiger partial charge on any atom is 0.336 e. The summed E-state index contributed by atoms with van der Waals surface area (Å²) < 4.78 is 0. The minimum atomic E-state index is -1.10. The van der Waals surface area contributed by atoms with Crippen LogP contribution in [0.25, 0.3) is 49.4 Å². The van der Waals surface area contributed by atoms with Gasteiger partial charge in [0.1, 0.15) is 0 Å². The normalized spacial score (nSPS) is 16.5. The summed E-state index contributed by atoms with van der Waals surface area (Å²) in [5.41, 5.74) is 8.73. The first-order chi connectivity index (χ1) is 20.9. The van der Waals surface area contributed by atoms with Crippen molar-refractivity contribution in [2.75, 3.05) is 0 Å². The van der Waals surface area contributed by atoms with E-state index in [4.69, 9.17) is 0 Å². The third kappa shape index (κ3) is 4.44. The lowest BCUT2D eigenvalue weighted by molar-refractivity contribution is 0.0682. The zero-order valence-electron chi connectivity index (χ0n) is 25.4. The van der Waals surface area contributed by atoms with Gasteiger partial charge in [-0.05, 0) is 108 Å². The summed E-state index contributed by atoms with van der Waals surface area (Å²) in [6.45, 7) is 9.30. The number of carboxylic acid groups (broad SMARTS) is 2. The molecule has 4 nitrogen and oxygen atoms in total. The third-order valence-corrected chi connectivity index (χ3v) is 9.40. The van der Waals surface area contributed by atoms with Crippen LogP contribution in [0.2, 0.25) is 0 Å². The predicted molar refractivity (Wildman–Crippen MR) is 178 cm³/mol. The lowest BCUT2D eigenvalue weighted by Crippen LogP contribution is -2.27. The molecule has 5 aromatic rings. The Hall–Kier alpha value is -4.96. The monoisotopic (exact) mass is 578 g/mol. The Morgan fingerprint density at radius 1 is 0.682 bits per heavy atom. The molecule has 0 saturated heterocycles. The van der Waals surface area contributed by atoms with E-state index in [1.807, 2.05) is 36.4 Å². The van der Waals surface area contributed by atoms with E-state index in [9.17, 15) is 19.8 Å². The van der Waals surface area contributed by atoms with Gasteiger partial charge in [-0.2, -0.15) is 0 Å². The van der Waals surface area contributed by atoms with Crippen LogP contribution in [0.3, 0.4) is 0 Å². The lowest BCUT2D eigenvalue weighted by atomic mass is 9.64. The highest BCUT2D eigenvalue weighted by Gasteiger charge is 2.36. The summed E-state index contributed by atoms with van der Waals surface area (Å²) in [6, 6.07) is 27.1. The molecule has 0 spiro atoms. The van der Waals surface area contributed by atoms with Crippen LogP contribution >= 0.6 is 0 Å². The van der Waals surface area contributed by atoms with Crippen LogP contribution in [0.15, 0.2) is 103 Å². The van der Waals surface area contributed by atoms with E-state index in [1.54, 1.807) is 0 Å². The second kappa shape index (κ2) is 9.78. The van der Waals surface area contributed by atoms with Crippen molar-refractivity contribution in [3.63, 3.8) is 0 Å². The fourth-order valence-electron chi connectivity index (χ4n) is 7.51. The van der Waals surface area contributed by atoms with Crippen LogP contribution in [0.5, 0.6) is 0 Å². The van der Waals surface area contributed by atoms with E-state index >= 15 is 0 Å². The number of aromatic carboxylic acids is 2. The van der Waals surface area contributed by atoms with E-state index in [0.717, 1.165) is 40.1 Å². The van der Waals surface area contributed by atoms with Crippen molar-refractivity contribution < 1.29 is 19.8 Å². The number of hydrogen-bond acceptors (Lipinski definition) is 2. The molecule has 0 unspecified atom stereocenters. The molecule has 0 saturated carbocycles. The first kappa shape index (κ1) is 27.8. The summed E-state index contributed by atoms with van der Waals surface area (Å²) >= 11 is 0. The van der Waals surface area contributed by atoms with E-state index in [0.29, 0.717) is 11.1 Å². The quantitative estimate of drug-likeness (QED) is 0.222. The van der Waals surface area contributed by atoms with Gasteiger partial charge in [0.2, 0.25) is 0 Å². The highest BCUT2D eigenvalue weighted by molar-refractivity contribution is 6.10. The maximum absolute atomic E-state index is 12.4. The SMILES string of the molecule is CC1(C)C=CC2=C(C1)CC(C)(C)c1c2ccc2cc(-c3ccc4ccccc4c3-c3cc(C(=O)O)ccc3C(=O)O)ccc12. The molecule has 2 aliphatic carbocycles. The Balaban J connectivity index is 1.47. The standard InChI is InChI=1S/C40H34O4/c1-39(2)18-17-28-27(21-39)22-40(3,4)36-31-14-10-24(19-25(31)11-15-32(28)36)30-13-9-23-7-5-6-8-29(23)35(30)34-20-26(37(41)42)12-16-33(34)38(43)44/h5-20H,21-22H2,1-4H3,(H,41,42)(H,43,44). The van der Waals surface area contributed by atoms with Crippen molar-refractivity contribution in [1.82, 2.24) is 0 Å². The van der Waals surface area contributed by atoms with Gasteiger partial charge in [0.25, 0.3) is 0 Å². The fourth-order valence-corrected chi connectivity index (χ4v) is 7.51. The molecule has 44 heavy (non-hydrogen) atoms. The Morgan fingerprint density at radius 3 is 2.20 bits per heavy atom. The van der Waals surface area contributed by atoms with Crippen LogP contribution in [0.4, 0.5) is 0 Å². The fraction of sp³-hybridized carbons (Fsp3) is 0.200. The third-order valence-electron chi connectivity index (χ3n) is 9.40. The Morgan fingerprint density at radius 2 is 1.43 bits per heavy atom. The average molecular weight is 579 g/mol. The van der Waals surface area contributed by atoms with Crippen LogP contribution in [0, 0.1) is 5.41 Å². The molecule has 0 radical (unpaired) electrons. The number of carboxylic acids is 2. The molecule has 0 heterocycles. The summed E-state index contributed by atoms with van der Waals surface area (Å²) in [6.07, 6.45) is 6.76. The average Bonchev–Trinajstić information content (AvgIpc) is 2.98. The first-order valence-electron chi connectivity index (χ1n) is 15.1. The largest absolute Gasteiger partial charge is 0.478 e. The van der Waals surface area contributed by atoms with Gasteiger partial charge in [-0.3, -0.25) is 0 Å². The second-order valence-electron chi connectivity index (χ2n) is 13.6. The van der Waals surface area contributed by atoms with Crippen LogP contribution in [-0.2, 0) is 5.41 Å². The number of allylic oxidation sites excluding steroid dienone is 4. The van der Waals surface area contributed by atoms with Gasteiger partial charge in [0.15, 0.2) is 0 Å². The number of benzene rings is 5. The highest BCUT2D eigenvalue weighted by atomic mass is 16.4. The van der Waals surface area contributed by atoms with Crippen molar-refractivity contribution in [1.29, 1.82) is 0 Å². The molecule has 0 amide bonds. The second-order valence-corrected chi connectivity index (χ2v) is 13.6. The van der Waals surface area contributed by atoms with Gasteiger partial charge < -0.3 is 10.2 Å². The Labute approximate surface area is 257 Å². The minimum absolute atomic E-state index is 0.0295. The van der Waals surface area contributed by atoms with Gasteiger partial charge in [-0.1, -0.05) is 106 Å². The maximum atomic E-state index is 12.4. The molecule has 0 bridgehead atoms. The molecule has 0 fully saturated rings. The van der Waals surface area contributed by atoms with Gasteiger partial charge >= 0.3 is 11.9 Å². The molecule has 0 atom stereocenters. The van der Waals surface area contributed by atoms with Crippen LogP contribution < -0.4 is 0 Å². The van der Waals surface area contributed by atoms with Crippen molar-refractivity contribution in [3.05, 3.63) is 125 Å². The zero-order valence-corrected chi connectivity index (χ0v) is 25.4. The molecular weight excluding hydrogens is 544 g/mol. The summed E-state index contributed by atoms with van der Waals surface area (Å²) in [4.78, 5) is 24.4. The molecule has 5 aromatic carbocycles. The molecule has 7 rings (SSSR count). The zero-order chi connectivity index (χ0) is 31.0. The Kier molecular flexibility index (Phi) is 6.19. The number of rotatable bonds is 4. The molecule has 0 aliphatic heterocycles.